The van der Waals surface area contributed by atoms with E-state index >= 15 is 0 Å². The van der Waals surface area contributed by atoms with Gasteiger partial charge in [-0.3, -0.25) is 4.79 Å². The van der Waals surface area contributed by atoms with Crippen molar-refractivity contribution in [3.8, 4) is 0 Å². The molecule has 0 bridgehead atoms. The molecule has 4 nitrogen and oxygen atoms in total. The van der Waals surface area contributed by atoms with Gasteiger partial charge in [-0.1, -0.05) is 26.8 Å². The molecule has 0 amide bonds. The van der Waals surface area contributed by atoms with Crippen molar-refractivity contribution in [3.05, 3.63) is 11.6 Å². The Hall–Kier alpha value is -0.653. The summed E-state index contributed by atoms with van der Waals surface area (Å²) in [4.78, 5) is 11.4. The summed E-state index contributed by atoms with van der Waals surface area (Å²) in [5, 5.41) is 0.0968. The number of esters is 1. The number of ether oxygens (including phenoxy) is 2. The van der Waals surface area contributed by atoms with Crippen molar-refractivity contribution >= 4 is 14.3 Å². The molecule has 0 N–H and O–H groups in total. The highest BCUT2D eigenvalue weighted by atomic mass is 28.4. The Kier molecular flexibility index (Phi) is 6.42. The summed E-state index contributed by atoms with van der Waals surface area (Å²) in [6, 6.07) is 0. The molecule has 3 atom stereocenters. The van der Waals surface area contributed by atoms with Gasteiger partial charge in [-0.15, -0.1) is 0 Å². The Labute approximate surface area is 136 Å². The van der Waals surface area contributed by atoms with Gasteiger partial charge in [0.05, 0.1) is 0 Å². The van der Waals surface area contributed by atoms with Crippen LogP contribution in [0.4, 0.5) is 0 Å². The molecule has 22 heavy (non-hydrogen) atoms. The van der Waals surface area contributed by atoms with Crippen LogP contribution in [0.15, 0.2) is 11.6 Å². The van der Waals surface area contributed by atoms with E-state index in [1.54, 1.807) is 7.11 Å². The lowest BCUT2D eigenvalue weighted by Crippen LogP contribution is -2.54. The quantitative estimate of drug-likeness (QED) is 0.443. The van der Waals surface area contributed by atoms with Crippen molar-refractivity contribution in [2.45, 2.75) is 83.9 Å². The fourth-order valence-electron chi connectivity index (χ4n) is 2.61. The molecular weight excluding hydrogens is 296 g/mol. The fraction of sp³-hybridized carbons (Fsp3) is 0.824. The van der Waals surface area contributed by atoms with Crippen LogP contribution in [0.1, 0.15) is 47.5 Å². The maximum absolute atomic E-state index is 11.4. The van der Waals surface area contributed by atoms with Crippen molar-refractivity contribution in [1.82, 2.24) is 0 Å². The second-order valence-corrected chi connectivity index (χ2v) is 12.3. The highest BCUT2D eigenvalue weighted by Crippen LogP contribution is 2.41. The first-order chi connectivity index (χ1) is 10.0. The van der Waals surface area contributed by atoms with E-state index in [4.69, 9.17) is 13.9 Å². The predicted octanol–water partition coefficient (Wildman–Crippen LogP) is 4.06. The maximum atomic E-state index is 11.4. The van der Waals surface area contributed by atoms with Gasteiger partial charge in [-0.25, -0.2) is 0 Å². The van der Waals surface area contributed by atoms with E-state index in [0.717, 1.165) is 12.8 Å². The van der Waals surface area contributed by atoms with Crippen molar-refractivity contribution in [3.63, 3.8) is 0 Å². The first kappa shape index (κ1) is 19.4. The van der Waals surface area contributed by atoms with E-state index in [1.807, 2.05) is 6.92 Å². The predicted molar refractivity (Wildman–Crippen MR) is 91.4 cm³/mol. The molecule has 0 unspecified atom stereocenters. The molecule has 5 heteroatoms. The van der Waals surface area contributed by atoms with Crippen LogP contribution in [0.25, 0.3) is 0 Å². The molecule has 0 heterocycles. The van der Waals surface area contributed by atoms with Gasteiger partial charge in [-0.2, -0.15) is 0 Å². The van der Waals surface area contributed by atoms with Gasteiger partial charge in [0.1, 0.15) is 18.3 Å². The average molecular weight is 329 g/mol. The van der Waals surface area contributed by atoms with Gasteiger partial charge >= 0.3 is 5.97 Å². The summed E-state index contributed by atoms with van der Waals surface area (Å²) in [6.45, 7) is 14.5. The van der Waals surface area contributed by atoms with E-state index in [2.05, 4.69) is 39.9 Å². The molecular formula is C17H32O4Si. The van der Waals surface area contributed by atoms with E-state index in [0.29, 0.717) is 0 Å². The van der Waals surface area contributed by atoms with Crippen LogP contribution in [0.5, 0.6) is 0 Å². The van der Waals surface area contributed by atoms with Crippen LogP contribution < -0.4 is 0 Å². The van der Waals surface area contributed by atoms with E-state index in [-0.39, 0.29) is 29.3 Å². The third kappa shape index (κ3) is 4.43. The van der Waals surface area contributed by atoms with E-state index in [9.17, 15) is 4.79 Å². The molecule has 128 valence electrons. The molecule has 0 spiro atoms. The van der Waals surface area contributed by atoms with Gasteiger partial charge in [0.2, 0.25) is 0 Å². The minimum Gasteiger partial charge on any atom is -0.460 e. The fourth-order valence-corrected chi connectivity index (χ4v) is 3.92. The Morgan fingerprint density at radius 1 is 1.32 bits per heavy atom. The Bertz CT molecular complexity index is 423. The second kappa shape index (κ2) is 7.28. The lowest BCUT2D eigenvalue weighted by Gasteiger charge is -2.45. The monoisotopic (exact) mass is 328 g/mol. The zero-order valence-electron chi connectivity index (χ0n) is 15.4. The van der Waals surface area contributed by atoms with Crippen LogP contribution in [-0.4, -0.2) is 39.7 Å². The van der Waals surface area contributed by atoms with Crippen molar-refractivity contribution in [1.29, 1.82) is 0 Å². The molecule has 1 aliphatic carbocycles. The summed E-state index contributed by atoms with van der Waals surface area (Å²) in [7, 11) is -0.283. The zero-order chi connectivity index (χ0) is 17.1. The molecule has 1 saturated carbocycles. The van der Waals surface area contributed by atoms with Gasteiger partial charge < -0.3 is 13.9 Å². The maximum Gasteiger partial charge on any atom is 0.302 e. The molecule has 0 radical (unpaired) electrons. The number of carbonyl (C=O) groups excluding carboxylic acids is 1. The molecule has 0 aliphatic heterocycles. The van der Waals surface area contributed by atoms with Crippen LogP contribution in [-0.2, 0) is 18.7 Å². The summed E-state index contributed by atoms with van der Waals surface area (Å²) >= 11 is 0. The molecule has 0 aromatic rings. The third-order valence-electron chi connectivity index (χ3n) is 4.93. The summed E-state index contributed by atoms with van der Waals surface area (Å²) in [5.74, 6) is -0.257. The van der Waals surface area contributed by atoms with Crippen LogP contribution in [0.2, 0.25) is 18.1 Å². The summed E-state index contributed by atoms with van der Waals surface area (Å²) in [6.07, 6.45) is 3.16. The minimum atomic E-state index is -1.98. The van der Waals surface area contributed by atoms with Gasteiger partial charge in [0, 0.05) is 14.0 Å². The Morgan fingerprint density at radius 2 is 1.91 bits per heavy atom. The Balaban J connectivity index is 3.09. The summed E-state index contributed by atoms with van der Waals surface area (Å²) < 4.78 is 17.8. The number of carbonyl (C=O) groups is 1. The topological polar surface area (TPSA) is 44.8 Å². The molecule has 0 aromatic carbocycles. The van der Waals surface area contributed by atoms with Gasteiger partial charge in [-0.05, 0) is 43.5 Å². The molecule has 1 aliphatic rings. The lowest BCUT2D eigenvalue weighted by molar-refractivity contribution is -0.158. The van der Waals surface area contributed by atoms with Crippen molar-refractivity contribution in [2.75, 3.05) is 7.11 Å². The van der Waals surface area contributed by atoms with Crippen LogP contribution in [0.3, 0.4) is 0 Å². The molecule has 0 aromatic heterocycles. The Morgan fingerprint density at radius 3 is 2.32 bits per heavy atom. The van der Waals surface area contributed by atoms with E-state index < -0.39 is 8.32 Å². The standard InChI is InChI=1S/C17H32O4Si/c1-9-13-10-11-14(20-12(2)18)16(15(13)19-6)21-22(7,8)17(3,4)5/h9,14-16H,10-11H2,1-8H3/b13-9+/t14-,15+,16+/m1/s1. The summed E-state index contributed by atoms with van der Waals surface area (Å²) in [5.41, 5.74) is 1.23. The molecule has 0 saturated heterocycles. The van der Waals surface area contributed by atoms with Crippen molar-refractivity contribution < 1.29 is 18.7 Å². The normalized spacial score (nSPS) is 28.7. The highest BCUT2D eigenvalue weighted by Gasteiger charge is 2.46. The highest BCUT2D eigenvalue weighted by molar-refractivity contribution is 6.74. The van der Waals surface area contributed by atoms with Gasteiger partial charge in [0.15, 0.2) is 8.32 Å². The number of hydrogen-bond acceptors (Lipinski definition) is 4. The third-order valence-corrected chi connectivity index (χ3v) is 9.40. The molecule has 1 rings (SSSR count). The van der Waals surface area contributed by atoms with Crippen molar-refractivity contribution in [2.24, 2.45) is 0 Å². The largest absolute Gasteiger partial charge is 0.460 e. The number of methoxy groups -OCH3 is 1. The smallest absolute Gasteiger partial charge is 0.302 e. The van der Waals surface area contributed by atoms with Gasteiger partial charge in [0.25, 0.3) is 0 Å². The SMILES string of the molecule is C/C=C1\CC[C@@H](OC(C)=O)[C@H](O[Si](C)(C)C(C)(C)C)[C@H]1OC. The minimum absolute atomic E-state index is 0.0968. The van der Waals surface area contributed by atoms with Crippen LogP contribution >= 0.6 is 0 Å². The number of allylic oxidation sites excluding steroid dienone is 1. The number of hydrogen-bond donors (Lipinski definition) is 0. The molecule has 1 fully saturated rings. The first-order valence-electron chi connectivity index (χ1n) is 8.06. The zero-order valence-corrected chi connectivity index (χ0v) is 16.4. The van der Waals surface area contributed by atoms with Crippen LogP contribution in [0, 0.1) is 0 Å². The van der Waals surface area contributed by atoms with E-state index in [1.165, 1.54) is 12.5 Å². The second-order valence-electron chi connectivity index (χ2n) is 7.55. The average Bonchev–Trinajstić information content (AvgIpc) is 2.38. The lowest BCUT2D eigenvalue weighted by atomic mass is 9.87. The first-order valence-corrected chi connectivity index (χ1v) is 11.0. The number of rotatable bonds is 4.